The smallest absolute Gasteiger partial charge is 0.357 e. The lowest BCUT2D eigenvalue weighted by Crippen LogP contribution is -2.04. The third-order valence-corrected chi connectivity index (χ3v) is 3.82. The summed E-state index contributed by atoms with van der Waals surface area (Å²) in [4.78, 5) is 15.9. The zero-order chi connectivity index (χ0) is 13.2. The number of benzene rings is 1. The molecular formula is C14H13NO3S. The Balaban J connectivity index is 1.88. The van der Waals surface area contributed by atoms with Crippen LogP contribution >= 0.6 is 11.3 Å². The minimum atomic E-state index is -0.366. The van der Waals surface area contributed by atoms with E-state index in [-0.39, 0.29) is 5.97 Å². The average Bonchev–Trinajstić information content (AvgIpc) is 3.07. The Bertz CT molecular complexity index is 621. The lowest BCUT2D eigenvalue weighted by atomic mass is 10.1. The number of rotatable bonds is 3. The predicted molar refractivity (Wildman–Crippen MR) is 72.7 cm³/mol. The number of hydrogen-bond acceptors (Lipinski definition) is 5. The van der Waals surface area contributed by atoms with Gasteiger partial charge in [0.25, 0.3) is 0 Å². The Morgan fingerprint density at radius 1 is 1.53 bits per heavy atom. The van der Waals surface area contributed by atoms with Crippen molar-refractivity contribution in [3.8, 4) is 16.3 Å². The normalized spacial score (nSPS) is 12.9. The highest BCUT2D eigenvalue weighted by atomic mass is 32.1. The van der Waals surface area contributed by atoms with Gasteiger partial charge in [-0.2, -0.15) is 0 Å². The molecule has 3 rings (SSSR count). The first-order valence-electron chi connectivity index (χ1n) is 6.16. The molecule has 0 spiro atoms. The molecule has 0 radical (unpaired) electrons. The fourth-order valence-electron chi connectivity index (χ4n) is 2.02. The first-order valence-corrected chi connectivity index (χ1v) is 7.04. The van der Waals surface area contributed by atoms with Crippen LogP contribution in [0.1, 0.15) is 23.0 Å². The first-order chi connectivity index (χ1) is 9.28. The van der Waals surface area contributed by atoms with Crippen molar-refractivity contribution in [2.24, 2.45) is 0 Å². The topological polar surface area (TPSA) is 48.4 Å². The molecule has 4 nitrogen and oxygen atoms in total. The highest BCUT2D eigenvalue weighted by Crippen LogP contribution is 2.31. The summed E-state index contributed by atoms with van der Waals surface area (Å²) in [5.74, 6) is 0.584. The maximum absolute atomic E-state index is 11.6. The van der Waals surface area contributed by atoms with Crippen LogP contribution in [0.4, 0.5) is 0 Å². The van der Waals surface area contributed by atoms with Crippen molar-refractivity contribution in [1.29, 1.82) is 0 Å². The molecule has 0 N–H and O–H groups in total. The fraction of sp³-hybridized carbons (Fsp3) is 0.286. The van der Waals surface area contributed by atoms with Crippen molar-refractivity contribution in [1.82, 2.24) is 4.98 Å². The lowest BCUT2D eigenvalue weighted by Gasteiger charge is -2.01. The molecule has 0 saturated carbocycles. The van der Waals surface area contributed by atoms with Crippen LogP contribution in [0.15, 0.2) is 23.6 Å². The van der Waals surface area contributed by atoms with Crippen LogP contribution in [-0.4, -0.2) is 24.2 Å². The Kier molecular flexibility index (Phi) is 3.21. The molecule has 1 aromatic carbocycles. The number of hydrogen-bond donors (Lipinski definition) is 0. The zero-order valence-corrected chi connectivity index (χ0v) is 11.3. The van der Waals surface area contributed by atoms with Crippen LogP contribution in [0.3, 0.4) is 0 Å². The minimum Gasteiger partial charge on any atom is -0.493 e. The van der Waals surface area contributed by atoms with Crippen LogP contribution < -0.4 is 4.74 Å². The molecule has 0 unspecified atom stereocenters. The molecule has 98 valence electrons. The van der Waals surface area contributed by atoms with E-state index in [1.807, 2.05) is 12.1 Å². The number of ether oxygens (including phenoxy) is 2. The molecule has 0 atom stereocenters. The number of nitrogens with zero attached hydrogens (tertiary/aromatic N) is 1. The number of aromatic nitrogens is 1. The Morgan fingerprint density at radius 3 is 3.26 bits per heavy atom. The largest absolute Gasteiger partial charge is 0.493 e. The van der Waals surface area contributed by atoms with E-state index < -0.39 is 0 Å². The van der Waals surface area contributed by atoms with Gasteiger partial charge in [0.2, 0.25) is 0 Å². The van der Waals surface area contributed by atoms with E-state index in [4.69, 9.17) is 9.47 Å². The molecule has 1 aliphatic heterocycles. The Labute approximate surface area is 115 Å². The first kappa shape index (κ1) is 12.2. The molecule has 0 fully saturated rings. The Hall–Kier alpha value is -1.88. The highest BCUT2D eigenvalue weighted by molar-refractivity contribution is 7.13. The van der Waals surface area contributed by atoms with Gasteiger partial charge < -0.3 is 9.47 Å². The van der Waals surface area contributed by atoms with E-state index in [0.29, 0.717) is 12.3 Å². The second-order valence-corrected chi connectivity index (χ2v) is 5.04. The van der Waals surface area contributed by atoms with Crippen molar-refractivity contribution >= 4 is 17.3 Å². The average molecular weight is 275 g/mol. The lowest BCUT2D eigenvalue weighted by molar-refractivity contribution is 0.0520. The predicted octanol–water partition coefficient (Wildman–Crippen LogP) is 2.92. The molecule has 0 aliphatic carbocycles. The van der Waals surface area contributed by atoms with E-state index in [9.17, 15) is 4.79 Å². The van der Waals surface area contributed by atoms with Crippen LogP contribution in [0.25, 0.3) is 10.6 Å². The standard InChI is InChI=1S/C14H13NO3S/c1-2-17-14(16)11-8-19-13(15-11)10-3-4-12-9(7-10)5-6-18-12/h3-4,7-8H,2,5-6H2,1H3. The van der Waals surface area contributed by atoms with E-state index in [0.717, 1.165) is 29.3 Å². The number of thiazole rings is 1. The van der Waals surface area contributed by atoms with E-state index >= 15 is 0 Å². The molecular weight excluding hydrogens is 262 g/mol. The van der Waals surface area contributed by atoms with Crippen molar-refractivity contribution < 1.29 is 14.3 Å². The van der Waals surface area contributed by atoms with Gasteiger partial charge in [-0.25, -0.2) is 9.78 Å². The Morgan fingerprint density at radius 2 is 2.42 bits per heavy atom. The maximum atomic E-state index is 11.6. The third kappa shape index (κ3) is 2.33. The summed E-state index contributed by atoms with van der Waals surface area (Å²) in [7, 11) is 0. The summed E-state index contributed by atoms with van der Waals surface area (Å²) in [6.45, 7) is 2.89. The molecule has 0 saturated heterocycles. The molecule has 1 aliphatic rings. The van der Waals surface area contributed by atoms with Gasteiger partial charge in [-0.1, -0.05) is 0 Å². The molecule has 1 aromatic heterocycles. The zero-order valence-electron chi connectivity index (χ0n) is 10.5. The number of fused-ring (bicyclic) bond motifs is 1. The molecule has 19 heavy (non-hydrogen) atoms. The van der Waals surface area contributed by atoms with Crippen LogP contribution in [0, 0.1) is 0 Å². The third-order valence-electron chi connectivity index (χ3n) is 2.93. The molecule has 0 amide bonds. The summed E-state index contributed by atoms with van der Waals surface area (Å²) in [6, 6.07) is 6.01. The van der Waals surface area contributed by atoms with Gasteiger partial charge in [0.1, 0.15) is 10.8 Å². The van der Waals surface area contributed by atoms with Gasteiger partial charge in [-0.15, -0.1) is 11.3 Å². The van der Waals surface area contributed by atoms with Crippen LogP contribution in [0.2, 0.25) is 0 Å². The van der Waals surface area contributed by atoms with Gasteiger partial charge in [0.05, 0.1) is 13.2 Å². The van der Waals surface area contributed by atoms with Gasteiger partial charge in [-0.3, -0.25) is 0 Å². The second-order valence-electron chi connectivity index (χ2n) is 4.18. The molecule has 5 heteroatoms. The quantitative estimate of drug-likeness (QED) is 0.808. The van der Waals surface area contributed by atoms with Crippen molar-refractivity contribution in [3.63, 3.8) is 0 Å². The SMILES string of the molecule is CCOC(=O)c1csc(-c2ccc3c(c2)CCO3)n1. The number of esters is 1. The second kappa shape index (κ2) is 5.01. The maximum Gasteiger partial charge on any atom is 0.357 e. The van der Waals surface area contributed by atoms with E-state index in [1.165, 1.54) is 16.9 Å². The van der Waals surface area contributed by atoms with E-state index in [2.05, 4.69) is 11.1 Å². The van der Waals surface area contributed by atoms with Gasteiger partial charge in [-0.05, 0) is 30.7 Å². The number of carbonyl (C=O) groups is 1. The fourth-order valence-corrected chi connectivity index (χ4v) is 2.81. The van der Waals surface area contributed by atoms with Crippen molar-refractivity contribution in [3.05, 3.63) is 34.8 Å². The summed E-state index contributed by atoms with van der Waals surface area (Å²) < 4.78 is 10.4. The molecule has 0 bridgehead atoms. The summed E-state index contributed by atoms with van der Waals surface area (Å²) in [5.41, 5.74) is 2.59. The van der Waals surface area contributed by atoms with Gasteiger partial charge in [0.15, 0.2) is 5.69 Å². The summed E-state index contributed by atoms with van der Waals surface area (Å²) in [6.07, 6.45) is 0.930. The number of carbonyl (C=O) groups excluding carboxylic acids is 1. The van der Waals surface area contributed by atoms with E-state index in [1.54, 1.807) is 12.3 Å². The molecule has 2 heterocycles. The monoisotopic (exact) mass is 275 g/mol. The summed E-state index contributed by atoms with van der Waals surface area (Å²) in [5, 5.41) is 2.56. The van der Waals surface area contributed by atoms with Gasteiger partial charge in [0, 0.05) is 17.4 Å². The van der Waals surface area contributed by atoms with Crippen LogP contribution in [0.5, 0.6) is 5.75 Å². The van der Waals surface area contributed by atoms with Crippen molar-refractivity contribution in [2.75, 3.05) is 13.2 Å². The van der Waals surface area contributed by atoms with Gasteiger partial charge >= 0.3 is 5.97 Å². The summed E-state index contributed by atoms with van der Waals surface area (Å²) >= 11 is 1.45. The molecule has 2 aromatic rings. The van der Waals surface area contributed by atoms with Crippen molar-refractivity contribution in [2.45, 2.75) is 13.3 Å². The van der Waals surface area contributed by atoms with Crippen LogP contribution in [-0.2, 0) is 11.2 Å². The highest BCUT2D eigenvalue weighted by Gasteiger charge is 2.16. The minimum absolute atomic E-state index is 0.363.